The average Bonchev–Trinajstić information content (AvgIpc) is 3.21. The van der Waals surface area contributed by atoms with Crippen molar-refractivity contribution in [3.63, 3.8) is 0 Å². The number of phenols is 2. The van der Waals surface area contributed by atoms with Crippen molar-refractivity contribution in [3.05, 3.63) is 47.5 Å². The molecule has 4 rings (SSSR count). The molecule has 2 aromatic rings. The first kappa shape index (κ1) is 23.7. The molecule has 2 aliphatic heterocycles. The molecule has 1 saturated heterocycles. The number of benzene rings is 2. The molecule has 2 heterocycles. The highest BCUT2D eigenvalue weighted by Gasteiger charge is 2.41. The molecule has 182 valence electrons. The summed E-state index contributed by atoms with van der Waals surface area (Å²) in [6.07, 6.45) is -0.616. The fourth-order valence-corrected chi connectivity index (χ4v) is 4.48. The van der Waals surface area contributed by atoms with Gasteiger partial charge in [-0.1, -0.05) is 13.8 Å². The van der Waals surface area contributed by atoms with Gasteiger partial charge in [-0.2, -0.15) is 5.10 Å². The molecule has 1 amide bonds. The van der Waals surface area contributed by atoms with Crippen molar-refractivity contribution in [3.8, 4) is 11.5 Å². The van der Waals surface area contributed by atoms with Gasteiger partial charge in [-0.25, -0.2) is 0 Å². The SMILES string of the molecule is CC(C)c1cc(C2N(c3ccc(N4CCOCC4)cc3)C(C(N)=O)=NN2C(C)C)c(O)cc1O. The monoisotopic (exact) mass is 467 g/mol. The number of primary amides is 1. The van der Waals surface area contributed by atoms with E-state index < -0.39 is 12.1 Å². The number of amides is 1. The van der Waals surface area contributed by atoms with Gasteiger partial charge >= 0.3 is 0 Å². The second-order valence-electron chi connectivity index (χ2n) is 9.25. The largest absolute Gasteiger partial charge is 0.508 e. The van der Waals surface area contributed by atoms with Gasteiger partial charge in [-0.05, 0) is 55.7 Å². The molecule has 9 nitrogen and oxygen atoms in total. The lowest BCUT2D eigenvalue weighted by atomic mass is 9.96. The van der Waals surface area contributed by atoms with Gasteiger partial charge in [0.05, 0.1) is 13.2 Å². The predicted octanol–water partition coefficient (Wildman–Crippen LogP) is 3.09. The highest BCUT2D eigenvalue weighted by Crippen LogP contribution is 2.43. The first-order chi connectivity index (χ1) is 16.2. The number of ether oxygens (including phenoxy) is 1. The number of rotatable bonds is 6. The Kier molecular flexibility index (Phi) is 6.56. The van der Waals surface area contributed by atoms with Gasteiger partial charge in [0.15, 0.2) is 6.17 Å². The fourth-order valence-electron chi connectivity index (χ4n) is 4.48. The maximum Gasteiger partial charge on any atom is 0.286 e. The van der Waals surface area contributed by atoms with E-state index in [1.165, 1.54) is 6.07 Å². The summed E-state index contributed by atoms with van der Waals surface area (Å²) in [4.78, 5) is 16.5. The fraction of sp³-hybridized carbons (Fsp3) is 0.440. The van der Waals surface area contributed by atoms with Crippen molar-refractivity contribution in [2.45, 2.75) is 45.8 Å². The van der Waals surface area contributed by atoms with Crippen LogP contribution >= 0.6 is 0 Å². The number of nitrogens with two attached hydrogens (primary N) is 1. The number of hydrazone groups is 1. The van der Waals surface area contributed by atoms with Crippen LogP contribution in [0.3, 0.4) is 0 Å². The number of phenolic OH excluding ortho intramolecular Hbond substituents is 2. The van der Waals surface area contributed by atoms with Crippen molar-refractivity contribution >= 4 is 23.1 Å². The van der Waals surface area contributed by atoms with Gasteiger partial charge in [0.25, 0.3) is 5.91 Å². The van der Waals surface area contributed by atoms with E-state index in [2.05, 4.69) is 10.0 Å². The Balaban J connectivity index is 1.80. The van der Waals surface area contributed by atoms with Crippen LogP contribution in [0.4, 0.5) is 11.4 Å². The molecule has 0 spiro atoms. The van der Waals surface area contributed by atoms with E-state index in [4.69, 9.17) is 10.5 Å². The van der Waals surface area contributed by atoms with Crippen molar-refractivity contribution in [1.82, 2.24) is 5.01 Å². The normalized spacial score (nSPS) is 18.7. The lowest BCUT2D eigenvalue weighted by molar-refractivity contribution is -0.112. The molecule has 1 atom stereocenters. The average molecular weight is 468 g/mol. The van der Waals surface area contributed by atoms with Gasteiger partial charge in [0.1, 0.15) is 11.5 Å². The summed E-state index contributed by atoms with van der Waals surface area (Å²) in [6.45, 7) is 10.9. The quantitative estimate of drug-likeness (QED) is 0.598. The van der Waals surface area contributed by atoms with E-state index in [0.717, 1.165) is 24.5 Å². The topological polar surface area (TPSA) is 115 Å². The number of carbonyl (C=O) groups is 1. The summed E-state index contributed by atoms with van der Waals surface area (Å²) in [5.41, 5.74) is 8.78. The standard InChI is InChI=1S/C25H33N5O4/c1-15(2)19-13-20(22(32)14-21(19)31)25-29(24(23(26)33)27-30(25)16(3)4)18-7-5-17(6-8-18)28-9-11-34-12-10-28/h5-8,13-16,25,31-32H,9-12H2,1-4H3,(H2,26,33). The van der Waals surface area contributed by atoms with E-state index in [0.29, 0.717) is 24.3 Å². The molecule has 0 aliphatic carbocycles. The Morgan fingerprint density at radius 2 is 1.65 bits per heavy atom. The maximum atomic E-state index is 12.5. The number of carbonyl (C=O) groups excluding carboxylic acids is 1. The minimum atomic E-state index is -0.659. The molecule has 4 N–H and O–H groups in total. The molecule has 0 radical (unpaired) electrons. The van der Waals surface area contributed by atoms with Gasteiger partial charge in [0, 0.05) is 42.1 Å². The summed E-state index contributed by atoms with van der Waals surface area (Å²) >= 11 is 0. The molecule has 1 fully saturated rings. The van der Waals surface area contributed by atoms with Crippen LogP contribution in [-0.4, -0.2) is 59.3 Å². The summed E-state index contributed by atoms with van der Waals surface area (Å²) < 4.78 is 5.45. The van der Waals surface area contributed by atoms with Crippen LogP contribution < -0.4 is 15.5 Å². The van der Waals surface area contributed by atoms with Crippen LogP contribution in [0.25, 0.3) is 0 Å². The molecule has 2 aliphatic rings. The van der Waals surface area contributed by atoms with E-state index in [9.17, 15) is 15.0 Å². The zero-order valence-electron chi connectivity index (χ0n) is 20.1. The number of amidine groups is 1. The smallest absolute Gasteiger partial charge is 0.286 e. The van der Waals surface area contributed by atoms with Crippen molar-refractivity contribution in [2.24, 2.45) is 10.8 Å². The second-order valence-corrected chi connectivity index (χ2v) is 9.25. The molecule has 9 heteroatoms. The number of hydrogen-bond acceptors (Lipinski definition) is 8. The number of aromatic hydroxyl groups is 2. The summed E-state index contributed by atoms with van der Waals surface area (Å²) in [7, 11) is 0. The van der Waals surface area contributed by atoms with Crippen LogP contribution in [-0.2, 0) is 9.53 Å². The molecular formula is C25H33N5O4. The van der Waals surface area contributed by atoms with Gasteiger partial charge < -0.3 is 25.6 Å². The summed E-state index contributed by atoms with van der Waals surface area (Å²) in [6, 6.07) is 10.9. The molecule has 0 aromatic heterocycles. The second kappa shape index (κ2) is 9.42. The third-order valence-electron chi connectivity index (χ3n) is 6.26. The van der Waals surface area contributed by atoms with E-state index in [1.807, 2.05) is 52.0 Å². The number of nitrogens with zero attached hydrogens (tertiary/aromatic N) is 4. The Morgan fingerprint density at radius 1 is 1.03 bits per heavy atom. The predicted molar refractivity (Wildman–Crippen MR) is 132 cm³/mol. The van der Waals surface area contributed by atoms with Crippen LogP contribution in [0.2, 0.25) is 0 Å². The highest BCUT2D eigenvalue weighted by atomic mass is 16.5. The number of morpholine rings is 1. The van der Waals surface area contributed by atoms with Crippen LogP contribution in [0.15, 0.2) is 41.5 Å². The maximum absolute atomic E-state index is 12.5. The van der Waals surface area contributed by atoms with Gasteiger partial charge in [0.2, 0.25) is 5.84 Å². The van der Waals surface area contributed by atoms with Crippen LogP contribution in [0.5, 0.6) is 11.5 Å². The third kappa shape index (κ3) is 4.35. The highest BCUT2D eigenvalue weighted by molar-refractivity contribution is 6.43. The zero-order valence-corrected chi connectivity index (χ0v) is 20.1. The first-order valence-electron chi connectivity index (χ1n) is 11.6. The van der Waals surface area contributed by atoms with Gasteiger partial charge in [-0.3, -0.25) is 14.7 Å². The van der Waals surface area contributed by atoms with Crippen molar-refractivity contribution in [2.75, 3.05) is 36.1 Å². The van der Waals surface area contributed by atoms with E-state index in [-0.39, 0.29) is 29.3 Å². The summed E-state index contributed by atoms with van der Waals surface area (Å²) in [5, 5.41) is 27.6. The minimum Gasteiger partial charge on any atom is -0.508 e. The van der Waals surface area contributed by atoms with Crippen LogP contribution in [0, 0.1) is 0 Å². The van der Waals surface area contributed by atoms with Gasteiger partial charge in [-0.15, -0.1) is 0 Å². The Morgan fingerprint density at radius 3 is 2.21 bits per heavy atom. The summed E-state index contributed by atoms with van der Waals surface area (Å²) in [5.74, 6) is -0.577. The number of anilines is 2. The zero-order chi connectivity index (χ0) is 24.6. The molecular weight excluding hydrogens is 434 g/mol. The molecule has 1 unspecified atom stereocenters. The first-order valence-corrected chi connectivity index (χ1v) is 11.6. The van der Waals surface area contributed by atoms with Crippen molar-refractivity contribution < 1.29 is 19.7 Å². The Hall–Kier alpha value is -3.46. The Labute approximate surface area is 200 Å². The lowest BCUT2D eigenvalue weighted by Gasteiger charge is -2.35. The van der Waals surface area contributed by atoms with Crippen molar-refractivity contribution in [1.29, 1.82) is 0 Å². The Bertz CT molecular complexity index is 1080. The minimum absolute atomic E-state index is 0.0304. The third-order valence-corrected chi connectivity index (χ3v) is 6.26. The lowest BCUT2D eigenvalue weighted by Crippen LogP contribution is -2.42. The molecule has 34 heavy (non-hydrogen) atoms. The molecule has 2 aromatic carbocycles. The van der Waals surface area contributed by atoms with E-state index in [1.54, 1.807) is 16.0 Å². The molecule has 0 saturated carbocycles. The van der Waals surface area contributed by atoms with Crippen LogP contribution in [0.1, 0.15) is 50.9 Å². The number of hydrogen-bond donors (Lipinski definition) is 3. The van der Waals surface area contributed by atoms with E-state index >= 15 is 0 Å². The molecule has 0 bridgehead atoms.